The molecule has 1 heterocycles. The van der Waals surface area contributed by atoms with Gasteiger partial charge in [0.05, 0.1) is 7.11 Å². The summed E-state index contributed by atoms with van der Waals surface area (Å²) in [5.74, 6) is 1.67. The molecule has 2 aromatic rings. The molecule has 132 valence electrons. The van der Waals surface area contributed by atoms with Gasteiger partial charge in [-0.2, -0.15) is 0 Å². The number of nitrogens with one attached hydrogen (secondary N) is 2. The van der Waals surface area contributed by atoms with Crippen LogP contribution in [0.5, 0.6) is 5.75 Å². The predicted molar refractivity (Wildman–Crippen MR) is 114 cm³/mol. The summed E-state index contributed by atoms with van der Waals surface area (Å²) in [5.41, 5.74) is 1.23. The minimum Gasteiger partial charge on any atom is -0.497 e. The van der Waals surface area contributed by atoms with Crippen LogP contribution in [0.2, 0.25) is 0 Å². The Labute approximate surface area is 165 Å². The molecule has 0 fully saturated rings. The van der Waals surface area contributed by atoms with E-state index in [1.807, 2.05) is 18.2 Å². The molecule has 0 atom stereocenters. The van der Waals surface area contributed by atoms with Crippen molar-refractivity contribution in [1.29, 1.82) is 0 Å². The van der Waals surface area contributed by atoms with Crippen LogP contribution in [0.1, 0.15) is 24.3 Å². The van der Waals surface area contributed by atoms with Gasteiger partial charge in [0, 0.05) is 30.4 Å². The number of benzene rings is 1. The van der Waals surface area contributed by atoms with Gasteiger partial charge in [0.2, 0.25) is 0 Å². The standard InChI is InChI=1S/C18H25N3OS.HI/c1-18(2,16-9-6-10-23-16)13-21-17(19-3)20-12-14-7-5-8-15(11-14)22-4;/h5-11H,12-13H2,1-4H3,(H2,19,20,21);1H. The summed E-state index contributed by atoms with van der Waals surface area (Å²) in [6, 6.07) is 12.3. The van der Waals surface area contributed by atoms with Gasteiger partial charge in [-0.1, -0.05) is 32.0 Å². The second kappa shape index (κ2) is 9.88. The number of ether oxygens (including phenoxy) is 1. The lowest BCUT2D eigenvalue weighted by atomic mass is 9.91. The summed E-state index contributed by atoms with van der Waals surface area (Å²) < 4.78 is 5.25. The van der Waals surface area contributed by atoms with Gasteiger partial charge in [-0.05, 0) is 29.1 Å². The minimum atomic E-state index is 0. The monoisotopic (exact) mass is 459 g/mol. The number of hydrogen-bond acceptors (Lipinski definition) is 3. The van der Waals surface area contributed by atoms with Gasteiger partial charge in [0.15, 0.2) is 5.96 Å². The Hall–Kier alpha value is -1.28. The zero-order valence-electron chi connectivity index (χ0n) is 14.6. The highest BCUT2D eigenvalue weighted by Crippen LogP contribution is 2.26. The van der Waals surface area contributed by atoms with Crippen LogP contribution >= 0.6 is 35.3 Å². The average Bonchev–Trinajstić information content (AvgIpc) is 3.10. The third kappa shape index (κ3) is 5.98. The molecule has 1 aromatic heterocycles. The van der Waals surface area contributed by atoms with Crippen molar-refractivity contribution >= 4 is 41.3 Å². The van der Waals surface area contributed by atoms with Gasteiger partial charge in [-0.15, -0.1) is 35.3 Å². The van der Waals surface area contributed by atoms with Crippen molar-refractivity contribution in [3.63, 3.8) is 0 Å². The summed E-state index contributed by atoms with van der Waals surface area (Å²) in [6.45, 7) is 6.00. The highest BCUT2D eigenvalue weighted by atomic mass is 127. The van der Waals surface area contributed by atoms with Crippen LogP contribution in [-0.4, -0.2) is 26.7 Å². The van der Waals surface area contributed by atoms with Crippen molar-refractivity contribution in [3.05, 3.63) is 52.2 Å². The van der Waals surface area contributed by atoms with Crippen LogP contribution in [0.25, 0.3) is 0 Å². The molecule has 0 bridgehead atoms. The van der Waals surface area contributed by atoms with E-state index in [4.69, 9.17) is 4.74 Å². The van der Waals surface area contributed by atoms with E-state index in [1.165, 1.54) is 4.88 Å². The molecule has 6 heteroatoms. The normalized spacial score (nSPS) is 11.6. The largest absolute Gasteiger partial charge is 0.497 e. The van der Waals surface area contributed by atoms with Gasteiger partial charge in [-0.25, -0.2) is 0 Å². The van der Waals surface area contributed by atoms with E-state index in [0.29, 0.717) is 6.54 Å². The van der Waals surface area contributed by atoms with Crippen molar-refractivity contribution < 1.29 is 4.74 Å². The Morgan fingerprint density at radius 2 is 2.00 bits per heavy atom. The smallest absolute Gasteiger partial charge is 0.191 e. The molecule has 0 saturated heterocycles. The SMILES string of the molecule is CN=C(NCc1cccc(OC)c1)NCC(C)(C)c1cccs1.I. The van der Waals surface area contributed by atoms with Gasteiger partial charge < -0.3 is 15.4 Å². The molecule has 0 aliphatic heterocycles. The third-order valence-corrected chi connectivity index (χ3v) is 4.94. The highest BCUT2D eigenvalue weighted by Gasteiger charge is 2.21. The molecule has 24 heavy (non-hydrogen) atoms. The molecule has 0 aliphatic carbocycles. The molecule has 2 rings (SSSR count). The zero-order chi connectivity index (χ0) is 16.7. The lowest BCUT2D eigenvalue weighted by Crippen LogP contribution is -2.42. The van der Waals surface area contributed by atoms with E-state index >= 15 is 0 Å². The molecule has 0 amide bonds. The molecular weight excluding hydrogens is 433 g/mol. The third-order valence-electron chi connectivity index (χ3n) is 3.70. The first kappa shape index (κ1) is 20.8. The maximum atomic E-state index is 5.25. The molecule has 2 N–H and O–H groups in total. The van der Waals surface area contributed by atoms with E-state index < -0.39 is 0 Å². The number of rotatable bonds is 6. The first-order valence-electron chi connectivity index (χ1n) is 7.66. The number of halogens is 1. The van der Waals surface area contributed by atoms with Crippen LogP contribution in [0.15, 0.2) is 46.8 Å². The Balaban J connectivity index is 0.00000288. The van der Waals surface area contributed by atoms with Crippen LogP contribution in [0, 0.1) is 0 Å². The number of aliphatic imine (C=N–C) groups is 1. The van der Waals surface area contributed by atoms with Crippen molar-refractivity contribution in [2.24, 2.45) is 4.99 Å². The Morgan fingerprint density at radius 1 is 1.21 bits per heavy atom. The number of methoxy groups -OCH3 is 1. The molecule has 4 nitrogen and oxygen atoms in total. The fourth-order valence-electron chi connectivity index (χ4n) is 2.24. The van der Waals surface area contributed by atoms with E-state index in [0.717, 1.165) is 23.8 Å². The van der Waals surface area contributed by atoms with Crippen LogP contribution in [-0.2, 0) is 12.0 Å². The van der Waals surface area contributed by atoms with E-state index in [1.54, 1.807) is 25.5 Å². The summed E-state index contributed by atoms with van der Waals surface area (Å²) >= 11 is 1.79. The molecule has 0 aliphatic rings. The maximum absolute atomic E-state index is 5.25. The molecular formula is C18H26IN3OS. The number of thiophene rings is 1. The van der Waals surface area contributed by atoms with Crippen LogP contribution < -0.4 is 15.4 Å². The van der Waals surface area contributed by atoms with Crippen LogP contribution in [0.4, 0.5) is 0 Å². The van der Waals surface area contributed by atoms with Crippen LogP contribution in [0.3, 0.4) is 0 Å². The average molecular weight is 459 g/mol. The van der Waals surface area contributed by atoms with E-state index in [9.17, 15) is 0 Å². The number of hydrogen-bond donors (Lipinski definition) is 2. The number of guanidine groups is 1. The Kier molecular flexibility index (Phi) is 8.55. The van der Waals surface area contributed by atoms with Gasteiger partial charge in [0.1, 0.15) is 5.75 Å². The first-order chi connectivity index (χ1) is 11.0. The minimum absolute atomic E-state index is 0. The van der Waals surface area contributed by atoms with Gasteiger partial charge in [0.25, 0.3) is 0 Å². The molecule has 0 unspecified atom stereocenters. The predicted octanol–water partition coefficient (Wildman–Crippen LogP) is 4.02. The molecule has 0 saturated carbocycles. The van der Waals surface area contributed by atoms with E-state index in [-0.39, 0.29) is 29.4 Å². The quantitative estimate of drug-likeness (QED) is 0.390. The highest BCUT2D eigenvalue weighted by molar-refractivity contribution is 14.0. The summed E-state index contributed by atoms with van der Waals surface area (Å²) in [7, 11) is 3.47. The fraction of sp³-hybridized carbons (Fsp3) is 0.389. The zero-order valence-corrected chi connectivity index (χ0v) is 17.8. The second-order valence-electron chi connectivity index (χ2n) is 5.99. The first-order valence-corrected chi connectivity index (χ1v) is 8.54. The molecule has 1 aromatic carbocycles. The Bertz CT molecular complexity index is 641. The summed E-state index contributed by atoms with van der Waals surface area (Å²) in [4.78, 5) is 5.67. The fourth-order valence-corrected chi connectivity index (χ4v) is 3.10. The van der Waals surface area contributed by atoms with Crippen molar-refractivity contribution in [1.82, 2.24) is 10.6 Å². The Morgan fingerprint density at radius 3 is 2.62 bits per heavy atom. The lowest BCUT2D eigenvalue weighted by Gasteiger charge is -2.25. The molecule has 0 radical (unpaired) electrons. The van der Waals surface area contributed by atoms with Crippen molar-refractivity contribution in [2.75, 3.05) is 20.7 Å². The van der Waals surface area contributed by atoms with Crippen molar-refractivity contribution in [2.45, 2.75) is 25.8 Å². The van der Waals surface area contributed by atoms with Crippen molar-refractivity contribution in [3.8, 4) is 5.75 Å². The maximum Gasteiger partial charge on any atom is 0.191 e. The second-order valence-corrected chi connectivity index (χ2v) is 6.94. The summed E-state index contributed by atoms with van der Waals surface area (Å²) in [5, 5.41) is 8.87. The van der Waals surface area contributed by atoms with Gasteiger partial charge in [-0.3, -0.25) is 4.99 Å². The molecule has 0 spiro atoms. The number of nitrogens with zero attached hydrogens (tertiary/aromatic N) is 1. The topological polar surface area (TPSA) is 45.7 Å². The lowest BCUT2D eigenvalue weighted by molar-refractivity contribution is 0.414. The van der Waals surface area contributed by atoms with E-state index in [2.05, 4.69) is 53.1 Å². The summed E-state index contributed by atoms with van der Waals surface area (Å²) in [6.07, 6.45) is 0. The van der Waals surface area contributed by atoms with Gasteiger partial charge >= 0.3 is 0 Å².